The smallest absolute Gasteiger partial charge is 0.222 e. The highest BCUT2D eigenvalue weighted by Gasteiger charge is 2.25. The molecule has 0 spiro atoms. The zero-order chi connectivity index (χ0) is 20.2. The van der Waals surface area contributed by atoms with Gasteiger partial charge in [0.25, 0.3) is 0 Å². The van der Waals surface area contributed by atoms with Crippen LogP contribution in [0.5, 0.6) is 0 Å². The van der Waals surface area contributed by atoms with Gasteiger partial charge in [0.2, 0.25) is 11.0 Å². The molecule has 1 saturated heterocycles. The number of carbonyl (C=O) groups excluding carboxylic acids is 1. The van der Waals surface area contributed by atoms with Gasteiger partial charge >= 0.3 is 0 Å². The Labute approximate surface area is 181 Å². The zero-order valence-corrected chi connectivity index (χ0v) is 18.6. The number of piperazine rings is 1. The molecule has 0 atom stereocenters. The minimum Gasteiger partial charge on any atom is -0.340 e. The van der Waals surface area contributed by atoms with Crippen LogP contribution in [0.1, 0.15) is 37.7 Å². The summed E-state index contributed by atoms with van der Waals surface area (Å²) in [5.74, 6) is 0.958. The van der Waals surface area contributed by atoms with Crippen LogP contribution in [-0.4, -0.2) is 51.7 Å². The van der Waals surface area contributed by atoms with Gasteiger partial charge in [0.15, 0.2) is 3.95 Å². The summed E-state index contributed by atoms with van der Waals surface area (Å²) in [6, 6.07) is 8.25. The molecule has 0 unspecified atom stereocenters. The van der Waals surface area contributed by atoms with Gasteiger partial charge in [-0.3, -0.25) is 9.69 Å². The molecule has 2 fully saturated rings. The Hall–Kier alpha value is -1.77. The van der Waals surface area contributed by atoms with Crippen molar-refractivity contribution in [1.29, 1.82) is 0 Å². The van der Waals surface area contributed by atoms with E-state index in [2.05, 4.69) is 34.4 Å². The molecule has 1 amide bonds. The van der Waals surface area contributed by atoms with Gasteiger partial charge in [-0.25, -0.2) is 4.68 Å². The van der Waals surface area contributed by atoms with Gasteiger partial charge in [-0.15, -0.1) is 5.10 Å². The van der Waals surface area contributed by atoms with E-state index in [1.54, 1.807) is 0 Å². The van der Waals surface area contributed by atoms with Crippen LogP contribution < -0.4 is 5.32 Å². The first-order valence-electron chi connectivity index (χ1n) is 10.5. The largest absolute Gasteiger partial charge is 0.340 e. The summed E-state index contributed by atoms with van der Waals surface area (Å²) in [6.45, 7) is 6.10. The van der Waals surface area contributed by atoms with Crippen molar-refractivity contribution >= 4 is 40.3 Å². The van der Waals surface area contributed by atoms with E-state index >= 15 is 0 Å². The van der Waals surface area contributed by atoms with Crippen LogP contribution >= 0.6 is 23.6 Å². The molecule has 2 aliphatic rings. The van der Waals surface area contributed by atoms with Crippen LogP contribution in [-0.2, 0) is 11.5 Å². The number of carbonyl (C=O) groups is 1. The van der Waals surface area contributed by atoms with Gasteiger partial charge in [-0.1, -0.05) is 41.9 Å². The minimum atomic E-state index is 0.339. The lowest BCUT2D eigenvalue weighted by Gasteiger charge is -2.35. The SMILES string of the molecule is Cc1ccc(Nc2nn(CN3CCN(C(=O)CC4CCCC4)CC3)c(=S)s2)cc1. The number of aryl methyl sites for hydroxylation is 1. The van der Waals surface area contributed by atoms with Crippen molar-refractivity contribution < 1.29 is 4.79 Å². The highest BCUT2D eigenvalue weighted by Crippen LogP contribution is 2.28. The average molecular weight is 432 g/mol. The van der Waals surface area contributed by atoms with E-state index in [1.165, 1.54) is 42.6 Å². The number of anilines is 2. The first kappa shape index (κ1) is 20.5. The van der Waals surface area contributed by atoms with E-state index in [0.717, 1.165) is 47.4 Å². The molecule has 1 N–H and O–H groups in total. The molecule has 1 aliphatic heterocycles. The molecule has 2 heterocycles. The highest BCUT2D eigenvalue weighted by atomic mass is 32.1. The number of amides is 1. The van der Waals surface area contributed by atoms with Gasteiger partial charge in [0.05, 0.1) is 6.67 Å². The maximum atomic E-state index is 12.5. The number of rotatable bonds is 6. The van der Waals surface area contributed by atoms with E-state index in [1.807, 2.05) is 21.7 Å². The molecule has 1 saturated carbocycles. The van der Waals surface area contributed by atoms with Crippen molar-refractivity contribution in [3.63, 3.8) is 0 Å². The highest BCUT2D eigenvalue weighted by molar-refractivity contribution is 7.73. The maximum absolute atomic E-state index is 12.5. The topological polar surface area (TPSA) is 53.4 Å². The van der Waals surface area contributed by atoms with Crippen molar-refractivity contribution in [2.45, 2.75) is 45.7 Å². The summed E-state index contributed by atoms with van der Waals surface area (Å²) in [5, 5.41) is 8.79. The molecule has 1 aromatic carbocycles. The molecule has 2 aromatic rings. The fraction of sp³-hybridized carbons (Fsp3) is 0.571. The number of nitrogens with one attached hydrogen (secondary N) is 1. The molecule has 8 heteroatoms. The third-order valence-electron chi connectivity index (χ3n) is 5.91. The second kappa shape index (κ2) is 9.36. The molecule has 0 bridgehead atoms. The monoisotopic (exact) mass is 431 g/mol. The van der Waals surface area contributed by atoms with Crippen molar-refractivity contribution in [3.8, 4) is 0 Å². The molecule has 1 aromatic heterocycles. The van der Waals surface area contributed by atoms with Crippen molar-refractivity contribution in [2.75, 3.05) is 31.5 Å². The first-order valence-corrected chi connectivity index (χ1v) is 11.7. The van der Waals surface area contributed by atoms with E-state index < -0.39 is 0 Å². The Kier molecular flexibility index (Phi) is 6.62. The maximum Gasteiger partial charge on any atom is 0.222 e. The molecule has 1 aliphatic carbocycles. The summed E-state index contributed by atoms with van der Waals surface area (Å²) >= 11 is 7.00. The fourth-order valence-corrected chi connectivity index (χ4v) is 5.14. The predicted molar refractivity (Wildman–Crippen MR) is 120 cm³/mol. The first-order chi connectivity index (χ1) is 14.1. The van der Waals surface area contributed by atoms with Crippen LogP contribution in [0.2, 0.25) is 0 Å². The van der Waals surface area contributed by atoms with E-state index in [0.29, 0.717) is 18.5 Å². The van der Waals surface area contributed by atoms with Gasteiger partial charge in [0.1, 0.15) is 0 Å². The Balaban J connectivity index is 1.28. The van der Waals surface area contributed by atoms with Crippen LogP contribution in [0.4, 0.5) is 10.8 Å². The number of hydrogen-bond donors (Lipinski definition) is 1. The van der Waals surface area contributed by atoms with Crippen LogP contribution in [0.15, 0.2) is 24.3 Å². The zero-order valence-electron chi connectivity index (χ0n) is 17.0. The Morgan fingerprint density at radius 1 is 1.17 bits per heavy atom. The van der Waals surface area contributed by atoms with E-state index in [4.69, 9.17) is 12.2 Å². The van der Waals surface area contributed by atoms with Crippen molar-refractivity contribution in [2.24, 2.45) is 5.92 Å². The summed E-state index contributed by atoms with van der Waals surface area (Å²) in [5.41, 5.74) is 2.25. The fourth-order valence-electron chi connectivity index (χ4n) is 4.13. The Bertz CT molecular complexity index is 877. The minimum absolute atomic E-state index is 0.339. The second-order valence-corrected chi connectivity index (χ2v) is 9.78. The summed E-state index contributed by atoms with van der Waals surface area (Å²) in [6.07, 6.45) is 5.78. The van der Waals surface area contributed by atoms with Crippen molar-refractivity contribution in [3.05, 3.63) is 33.8 Å². The third-order valence-corrected chi connectivity index (χ3v) is 7.13. The normalized spacial score (nSPS) is 18.3. The number of benzene rings is 1. The van der Waals surface area contributed by atoms with E-state index in [9.17, 15) is 4.79 Å². The summed E-state index contributed by atoms with van der Waals surface area (Å²) in [4.78, 5) is 16.9. The molecule has 29 heavy (non-hydrogen) atoms. The number of aromatic nitrogens is 2. The third kappa shape index (κ3) is 5.43. The Morgan fingerprint density at radius 3 is 2.55 bits per heavy atom. The average Bonchev–Trinajstić information content (AvgIpc) is 3.34. The van der Waals surface area contributed by atoms with Gasteiger partial charge < -0.3 is 10.2 Å². The van der Waals surface area contributed by atoms with Gasteiger partial charge in [0, 0.05) is 38.3 Å². The lowest BCUT2D eigenvalue weighted by molar-refractivity contribution is -0.134. The van der Waals surface area contributed by atoms with Crippen LogP contribution in [0.3, 0.4) is 0 Å². The molecule has 0 radical (unpaired) electrons. The lowest BCUT2D eigenvalue weighted by Crippen LogP contribution is -2.49. The summed E-state index contributed by atoms with van der Waals surface area (Å²) < 4.78 is 2.64. The molecular weight excluding hydrogens is 402 g/mol. The van der Waals surface area contributed by atoms with Crippen LogP contribution in [0, 0.1) is 16.8 Å². The molecule has 6 nitrogen and oxygen atoms in total. The predicted octanol–water partition coefficient (Wildman–Crippen LogP) is 4.41. The van der Waals surface area contributed by atoms with Crippen molar-refractivity contribution in [1.82, 2.24) is 19.6 Å². The van der Waals surface area contributed by atoms with Gasteiger partial charge in [-0.05, 0) is 50.0 Å². The Morgan fingerprint density at radius 2 is 1.86 bits per heavy atom. The quantitative estimate of drug-likeness (QED) is 0.687. The molecular formula is C21H29N5OS2. The van der Waals surface area contributed by atoms with Crippen LogP contribution in [0.25, 0.3) is 0 Å². The lowest BCUT2D eigenvalue weighted by atomic mass is 10.0. The summed E-state index contributed by atoms with van der Waals surface area (Å²) in [7, 11) is 0. The molecule has 4 rings (SSSR count). The van der Waals surface area contributed by atoms with E-state index in [-0.39, 0.29) is 0 Å². The number of nitrogens with zero attached hydrogens (tertiary/aromatic N) is 4. The van der Waals surface area contributed by atoms with Gasteiger partial charge in [-0.2, -0.15) is 0 Å². The molecule has 156 valence electrons. The standard InChI is InChI=1S/C21H29N5OS2/c1-16-6-8-18(9-7-16)22-20-23-26(21(28)29-20)15-24-10-12-25(13-11-24)19(27)14-17-4-2-3-5-17/h6-9,17H,2-5,10-15H2,1H3,(H,22,23). The number of hydrogen-bond acceptors (Lipinski definition) is 6. The second-order valence-electron chi connectivity index (χ2n) is 8.16.